The summed E-state index contributed by atoms with van der Waals surface area (Å²) in [5.74, 6) is -0.468. The molecule has 2 aromatic carbocycles. The van der Waals surface area contributed by atoms with Crippen LogP contribution in [0.3, 0.4) is 0 Å². The normalized spacial score (nSPS) is 10.5. The Morgan fingerprint density at radius 1 is 1.13 bits per heavy atom. The molecule has 0 aliphatic rings. The van der Waals surface area contributed by atoms with Gasteiger partial charge in [0.15, 0.2) is 16.7 Å². The fourth-order valence-corrected chi connectivity index (χ4v) is 3.95. The molecule has 0 saturated carbocycles. The van der Waals surface area contributed by atoms with Crippen molar-refractivity contribution in [2.24, 2.45) is 0 Å². The van der Waals surface area contributed by atoms with Crippen molar-refractivity contribution >= 4 is 45.7 Å². The summed E-state index contributed by atoms with van der Waals surface area (Å²) in [5.41, 5.74) is 2.93. The maximum Gasteiger partial charge on any atom is 0.236 e. The van der Waals surface area contributed by atoms with E-state index in [9.17, 15) is 14.0 Å². The van der Waals surface area contributed by atoms with Gasteiger partial charge in [0.1, 0.15) is 0 Å². The van der Waals surface area contributed by atoms with Crippen LogP contribution in [0.1, 0.15) is 5.56 Å². The highest BCUT2D eigenvalue weighted by Crippen LogP contribution is 2.28. The molecule has 0 aliphatic carbocycles. The minimum absolute atomic E-state index is 0.118. The van der Waals surface area contributed by atoms with E-state index in [0.717, 1.165) is 11.3 Å². The number of aromatic nitrogens is 1. The van der Waals surface area contributed by atoms with Crippen molar-refractivity contribution in [2.75, 3.05) is 29.2 Å². The molecule has 1 heterocycles. The minimum atomic E-state index is -0.478. The van der Waals surface area contributed by atoms with E-state index in [2.05, 4.69) is 15.6 Å². The van der Waals surface area contributed by atoms with Crippen LogP contribution in [0.2, 0.25) is 0 Å². The van der Waals surface area contributed by atoms with Crippen LogP contribution in [0.5, 0.6) is 5.75 Å². The maximum absolute atomic E-state index is 13.9. The first-order valence-electron chi connectivity index (χ1n) is 8.98. The number of rotatable bonds is 8. The summed E-state index contributed by atoms with van der Waals surface area (Å²) in [7, 11) is 1.40. The summed E-state index contributed by atoms with van der Waals surface area (Å²) < 4.78 is 18.8. The van der Waals surface area contributed by atoms with Gasteiger partial charge in [0, 0.05) is 16.6 Å². The van der Waals surface area contributed by atoms with Gasteiger partial charge in [0.25, 0.3) is 0 Å². The lowest BCUT2D eigenvalue weighted by Gasteiger charge is -2.06. The third-order valence-electron chi connectivity index (χ3n) is 3.97. The molecule has 6 nitrogen and oxygen atoms in total. The van der Waals surface area contributed by atoms with Gasteiger partial charge in [0.2, 0.25) is 11.8 Å². The first-order chi connectivity index (χ1) is 14.4. The topological polar surface area (TPSA) is 80.3 Å². The van der Waals surface area contributed by atoms with Crippen LogP contribution in [0.15, 0.2) is 47.8 Å². The van der Waals surface area contributed by atoms with Crippen molar-refractivity contribution < 1.29 is 18.7 Å². The smallest absolute Gasteiger partial charge is 0.236 e. The number of thioether (sulfide) groups is 1. The highest BCUT2D eigenvalue weighted by atomic mass is 32.2. The summed E-state index contributed by atoms with van der Waals surface area (Å²) in [6.07, 6.45) is 0. The Bertz CT molecular complexity index is 1060. The zero-order chi connectivity index (χ0) is 21.5. The molecule has 0 fully saturated rings. The zero-order valence-corrected chi connectivity index (χ0v) is 18.0. The summed E-state index contributed by atoms with van der Waals surface area (Å²) in [5, 5.41) is 7.65. The van der Waals surface area contributed by atoms with Crippen LogP contribution in [-0.2, 0) is 9.59 Å². The Balaban J connectivity index is 1.46. The molecule has 9 heteroatoms. The highest BCUT2D eigenvalue weighted by Gasteiger charge is 2.11. The Labute approximate surface area is 181 Å². The van der Waals surface area contributed by atoms with Gasteiger partial charge in [-0.1, -0.05) is 12.1 Å². The Morgan fingerprint density at radius 3 is 2.60 bits per heavy atom. The number of aryl methyl sites for hydroxylation is 1. The number of amides is 2. The number of hydrogen-bond donors (Lipinski definition) is 2. The second-order valence-corrected chi connectivity index (χ2v) is 8.19. The summed E-state index contributed by atoms with van der Waals surface area (Å²) in [4.78, 5) is 28.4. The minimum Gasteiger partial charge on any atom is -0.494 e. The number of nitrogens with one attached hydrogen (secondary N) is 2. The number of ether oxygens (including phenoxy) is 1. The lowest BCUT2D eigenvalue weighted by molar-refractivity contribution is -0.114. The summed E-state index contributed by atoms with van der Waals surface area (Å²) >= 11 is 2.46. The van der Waals surface area contributed by atoms with Gasteiger partial charge in [-0.25, -0.2) is 9.37 Å². The first kappa shape index (κ1) is 21.8. The van der Waals surface area contributed by atoms with Gasteiger partial charge >= 0.3 is 0 Å². The maximum atomic E-state index is 13.9. The molecular weight excluding hydrogens is 425 g/mol. The number of nitrogens with zero attached hydrogens (tertiary/aromatic N) is 1. The molecule has 2 amide bonds. The van der Waals surface area contributed by atoms with E-state index in [-0.39, 0.29) is 29.1 Å². The molecule has 1 aromatic heterocycles. The Hall–Kier alpha value is -2.91. The zero-order valence-electron chi connectivity index (χ0n) is 16.4. The van der Waals surface area contributed by atoms with Crippen molar-refractivity contribution in [1.29, 1.82) is 0 Å². The van der Waals surface area contributed by atoms with E-state index >= 15 is 0 Å². The van der Waals surface area contributed by atoms with Crippen molar-refractivity contribution in [3.05, 3.63) is 59.2 Å². The third kappa shape index (κ3) is 6.04. The molecule has 156 valence electrons. The van der Waals surface area contributed by atoms with E-state index in [4.69, 9.17) is 4.74 Å². The molecule has 2 N–H and O–H groups in total. The van der Waals surface area contributed by atoms with Crippen molar-refractivity contribution in [1.82, 2.24) is 4.98 Å². The second kappa shape index (κ2) is 10.2. The quantitative estimate of drug-likeness (QED) is 0.531. The molecule has 30 heavy (non-hydrogen) atoms. The number of hydrogen-bond acceptors (Lipinski definition) is 6. The molecule has 3 aromatic rings. The van der Waals surface area contributed by atoms with E-state index in [1.54, 1.807) is 11.4 Å². The number of carbonyl (C=O) groups is 2. The van der Waals surface area contributed by atoms with Gasteiger partial charge in [-0.3, -0.25) is 9.59 Å². The molecule has 0 aliphatic heterocycles. The molecule has 0 radical (unpaired) electrons. The van der Waals surface area contributed by atoms with E-state index in [1.165, 1.54) is 42.3 Å². The molecule has 3 rings (SSSR count). The number of thiazole rings is 1. The lowest BCUT2D eigenvalue weighted by Crippen LogP contribution is -2.18. The third-order valence-corrected chi connectivity index (χ3v) is 5.66. The molecule has 0 unspecified atom stereocenters. The van der Waals surface area contributed by atoms with Crippen molar-refractivity contribution in [3.63, 3.8) is 0 Å². The first-order valence-corrected chi connectivity index (χ1v) is 11.0. The molecule has 0 saturated heterocycles. The standard InChI is InChI=1S/C21H20FN3O3S2/c1-13-4-3-5-15(8-13)23-19(26)11-29-12-20(27)25-21-24-17(10-30-21)14-6-7-18(28-2)16(22)9-14/h3-10H,11-12H2,1-2H3,(H,23,26)(H,24,25,27). The van der Waals surface area contributed by atoms with Crippen LogP contribution in [-0.4, -0.2) is 35.4 Å². The fourth-order valence-electron chi connectivity index (χ4n) is 2.60. The van der Waals surface area contributed by atoms with E-state index in [1.807, 2.05) is 31.2 Å². The van der Waals surface area contributed by atoms with Crippen molar-refractivity contribution in [2.45, 2.75) is 6.92 Å². The summed E-state index contributed by atoms with van der Waals surface area (Å²) in [6.45, 7) is 1.95. The lowest BCUT2D eigenvalue weighted by atomic mass is 10.1. The second-order valence-electron chi connectivity index (χ2n) is 6.35. The van der Waals surface area contributed by atoms with Crippen LogP contribution in [0.25, 0.3) is 11.3 Å². The average Bonchev–Trinajstić information content (AvgIpc) is 3.16. The van der Waals surface area contributed by atoms with Crippen molar-refractivity contribution in [3.8, 4) is 17.0 Å². The van der Waals surface area contributed by atoms with Crippen LogP contribution < -0.4 is 15.4 Å². The average molecular weight is 446 g/mol. The Morgan fingerprint density at radius 2 is 1.90 bits per heavy atom. The number of benzene rings is 2. The SMILES string of the molecule is COc1ccc(-c2csc(NC(=O)CSCC(=O)Nc3cccc(C)c3)n2)cc1F. The Kier molecular flexibility index (Phi) is 7.42. The molecule has 0 atom stereocenters. The number of carbonyl (C=O) groups excluding carboxylic acids is 2. The van der Waals surface area contributed by atoms with Crippen LogP contribution in [0, 0.1) is 12.7 Å². The van der Waals surface area contributed by atoms with Gasteiger partial charge < -0.3 is 15.4 Å². The number of anilines is 2. The van der Waals surface area contributed by atoms with Gasteiger partial charge in [0.05, 0.1) is 24.3 Å². The number of methoxy groups -OCH3 is 1. The predicted molar refractivity (Wildman–Crippen MR) is 120 cm³/mol. The van der Waals surface area contributed by atoms with E-state index in [0.29, 0.717) is 16.4 Å². The molecular formula is C21H20FN3O3S2. The predicted octanol–water partition coefficient (Wildman–Crippen LogP) is 4.58. The highest BCUT2D eigenvalue weighted by molar-refractivity contribution is 8.00. The monoisotopic (exact) mass is 445 g/mol. The summed E-state index contributed by atoms with van der Waals surface area (Å²) in [6, 6.07) is 12.1. The van der Waals surface area contributed by atoms with E-state index < -0.39 is 5.82 Å². The largest absolute Gasteiger partial charge is 0.494 e. The van der Waals surface area contributed by atoms with Gasteiger partial charge in [-0.15, -0.1) is 23.1 Å². The van der Waals surface area contributed by atoms with Gasteiger partial charge in [-0.05, 0) is 42.8 Å². The fraction of sp³-hybridized carbons (Fsp3) is 0.190. The number of halogens is 1. The molecule has 0 bridgehead atoms. The van der Waals surface area contributed by atoms with Crippen LogP contribution >= 0.6 is 23.1 Å². The van der Waals surface area contributed by atoms with Gasteiger partial charge in [-0.2, -0.15) is 0 Å². The van der Waals surface area contributed by atoms with Crippen LogP contribution in [0.4, 0.5) is 15.2 Å². The molecule has 0 spiro atoms.